The summed E-state index contributed by atoms with van der Waals surface area (Å²) in [5.74, 6) is -0.457. The fraction of sp³-hybridized carbons (Fsp3) is 0.264. The Balaban J connectivity index is 0.000000165. The smallest absolute Gasteiger partial charge is 0.410 e. The lowest BCUT2D eigenvalue weighted by atomic mass is 9.95. The predicted octanol–water partition coefficient (Wildman–Crippen LogP) is 21.2. The van der Waals surface area contributed by atoms with Gasteiger partial charge >= 0.3 is 18.2 Å². The van der Waals surface area contributed by atoms with Crippen LogP contribution in [-0.4, -0.2) is 120 Å². The monoisotopic (exact) mass is 2060 g/mol. The van der Waals surface area contributed by atoms with Crippen molar-refractivity contribution in [1.82, 2.24) is 35.1 Å². The van der Waals surface area contributed by atoms with Crippen molar-refractivity contribution in [3.63, 3.8) is 0 Å². The molecule has 16 nitrogen and oxygen atoms in total. The van der Waals surface area contributed by atoms with E-state index in [9.17, 15) is 29.4 Å². The predicted molar refractivity (Wildman–Crippen MR) is 552 cm³/mol. The van der Waals surface area contributed by atoms with E-state index in [4.69, 9.17) is 97.9 Å². The number of aromatic nitrogens is 4. The molecule has 3 N–H and O–H groups in total. The first-order valence-electron chi connectivity index (χ1n) is 38.2. The summed E-state index contributed by atoms with van der Waals surface area (Å²) in [6.45, 7) is 13.1. The quantitative estimate of drug-likeness (QED) is 0.0625. The highest BCUT2D eigenvalue weighted by molar-refractivity contribution is 8.77. The number of carbonyl (C=O) groups excluding carboxylic acids is 4. The summed E-state index contributed by atoms with van der Waals surface area (Å²) in [5, 5.41) is 31.9. The highest BCUT2D eigenvalue weighted by Crippen LogP contribution is 2.39. The highest BCUT2D eigenvalue weighted by Gasteiger charge is 2.40. The van der Waals surface area contributed by atoms with Crippen LogP contribution in [0.25, 0.3) is 88.6 Å². The van der Waals surface area contributed by atoms with E-state index in [0.29, 0.717) is 68.5 Å². The minimum Gasteiger partial charge on any atom is -0.465 e. The van der Waals surface area contributed by atoms with Crippen molar-refractivity contribution in [2.75, 3.05) is 26.7 Å². The van der Waals surface area contributed by atoms with E-state index in [2.05, 4.69) is 10.3 Å². The van der Waals surface area contributed by atoms with Crippen LogP contribution in [0.15, 0.2) is 218 Å². The van der Waals surface area contributed by atoms with Gasteiger partial charge in [0, 0.05) is 235 Å². The minimum absolute atomic E-state index is 0. The van der Waals surface area contributed by atoms with Crippen molar-refractivity contribution in [1.29, 1.82) is 0 Å². The van der Waals surface area contributed by atoms with Crippen LogP contribution >= 0.6 is 58.8 Å². The van der Waals surface area contributed by atoms with E-state index < -0.39 is 35.5 Å². The van der Waals surface area contributed by atoms with Gasteiger partial charge in [-0.15, -0.1) is 12.4 Å². The SMILES string of the molecule is CC(C)(C)OC(=O)N1CCCC1C(=O)c1cc(-c2ccc(Cl)cc2)nc2ccccc12.CC(C)(C)OC(=O)N1CCCC1C(O)c1cc(-c2ccc(Cl)cc2)nc2ccccc12.COC(=O)c1cc(-c2ccc(Cl)cc2)nc2ccccc12.Cl.OC(c1cc(-c2ccc(Cl)cc2)nc2ccccc12)C1CCCN1.S=S=S=S=S=S=S=S=S=S=S=S=S=S=S=S. The zero-order valence-electron chi connectivity index (χ0n) is 67.4. The van der Waals surface area contributed by atoms with Crippen LogP contribution in [0.1, 0.15) is 124 Å². The molecule has 8 aromatic carbocycles. The number of hydrogen-bond acceptors (Lipinski definition) is 16. The number of pyridine rings is 4. The van der Waals surface area contributed by atoms with Gasteiger partial charge in [0.05, 0.1) is 75.7 Å². The maximum atomic E-state index is 13.7. The Labute approximate surface area is 796 Å². The number of methoxy groups -OCH3 is 1. The van der Waals surface area contributed by atoms with Crippen molar-refractivity contribution in [2.45, 2.75) is 122 Å². The zero-order chi connectivity index (χ0) is 87.6. The van der Waals surface area contributed by atoms with Crippen LogP contribution in [0.3, 0.4) is 0 Å². The lowest BCUT2D eigenvalue weighted by molar-refractivity contribution is 0.00507. The molecule has 3 aliphatic rings. The van der Waals surface area contributed by atoms with Gasteiger partial charge in [-0.05, 0) is 195 Å². The molecule has 0 aliphatic carbocycles. The molecule has 3 aliphatic heterocycles. The first kappa shape index (κ1) is 100. The zero-order valence-corrected chi connectivity index (χ0v) is 84.3. The fourth-order valence-electron chi connectivity index (χ4n) is 13.8. The van der Waals surface area contributed by atoms with Crippen molar-refractivity contribution < 1.29 is 43.6 Å². The minimum atomic E-state index is -0.853. The number of para-hydroxylation sites is 4. The molecule has 652 valence electrons. The first-order chi connectivity index (χ1) is 59.3. The van der Waals surface area contributed by atoms with Crippen LogP contribution in [0.2, 0.25) is 20.1 Å². The Morgan fingerprint density at radius 1 is 0.427 bits per heavy atom. The lowest BCUT2D eigenvalue weighted by Gasteiger charge is -2.31. The Hall–Kier alpha value is -6.07. The third kappa shape index (κ3) is 29.0. The van der Waals surface area contributed by atoms with Gasteiger partial charge in [0.25, 0.3) is 0 Å². The maximum Gasteiger partial charge on any atom is 0.410 e. The molecule has 124 heavy (non-hydrogen) atoms. The third-order valence-corrected chi connectivity index (χ3v) is 49.0. The molecule has 5 unspecified atom stereocenters. The summed E-state index contributed by atoms with van der Waals surface area (Å²) in [6, 6.07) is 67.4. The second kappa shape index (κ2) is 49.6. The van der Waals surface area contributed by atoms with Crippen LogP contribution in [0.5, 0.6) is 0 Å². The number of ether oxygens (including phenoxy) is 3. The molecule has 0 bridgehead atoms. The number of benzene rings is 8. The average Bonchev–Trinajstić information content (AvgIpc) is 1.41. The summed E-state index contributed by atoms with van der Waals surface area (Å²) >= 11 is 33.4. The van der Waals surface area contributed by atoms with Gasteiger partial charge in [-0.1, -0.05) is 168 Å². The van der Waals surface area contributed by atoms with E-state index >= 15 is 0 Å². The van der Waals surface area contributed by atoms with Crippen molar-refractivity contribution >= 4 is 273 Å². The molecule has 5 atom stereocenters. The maximum absolute atomic E-state index is 13.7. The molecule has 4 aromatic heterocycles. The van der Waals surface area contributed by atoms with Gasteiger partial charge < -0.3 is 34.6 Å². The number of aliphatic hydroxyl groups excluding tert-OH is 2. The number of fused-ring (bicyclic) bond motifs is 4. The van der Waals surface area contributed by atoms with Crippen molar-refractivity contribution in [3.05, 3.63) is 261 Å². The van der Waals surface area contributed by atoms with Crippen LogP contribution < -0.4 is 5.32 Å². The highest BCUT2D eigenvalue weighted by atomic mass is 35.5. The van der Waals surface area contributed by atoms with Crippen LogP contribution in [0.4, 0.5) is 9.59 Å². The number of amides is 2. The Morgan fingerprint density at radius 2 is 0.758 bits per heavy atom. The number of nitrogens with one attached hydrogen (secondary N) is 1. The number of carbonyl (C=O) groups is 4. The number of Topliss-reactive ketones (excluding diaryl/α,β-unsaturated/α-hetero) is 1. The fourth-order valence-corrected chi connectivity index (χ4v) is 47.2. The normalized spacial score (nSPS) is 14.9. The van der Waals surface area contributed by atoms with E-state index in [-0.39, 0.29) is 42.3 Å². The molecule has 12 aromatic rings. The molecule has 15 rings (SSSR count). The van der Waals surface area contributed by atoms with E-state index in [1.807, 2.05) is 230 Å². The standard InChI is InChI=1S/C25H27ClN2O3.C25H25ClN2O3.C20H19ClN2O.C17H12ClNO2.ClH.S16/c2*1-25(2,3)31-24(30)28-14-6-9-22(28)23(29)19-15-21(16-10-12-17(26)13-11-16)27-20-8-5-4-7-18(19)20;21-14-9-7-13(8-10-14)19-12-16(20(24)18-6-3-11-22-18)15-4-1-2-5-17(15)23-19;1-21-17(20)14-10-16(11-6-8-12(18)9-7-11)19-15-5-3-2-4-13(14)15;;1-3-5-7-9-11-13-15-16-14-12-10-8-6-4-2/h4-5,7-8,10-13,15,22-23,29H,6,9,14H2,1-3H3;4-5,7-8,10-13,15,22H,6,9,14H2,1-3H3;1-2,4-5,7-10,12,18,20,22,24H,3,6,11H2;2-10H,1H3;1H;. The second-order valence-corrected chi connectivity index (χ2v) is 56.0. The number of likely N-dealkylation sites (tertiary alicyclic amines) is 2. The molecule has 0 radical (unpaired) electrons. The van der Waals surface area contributed by atoms with Gasteiger partial charge in [0.15, 0.2) is 5.78 Å². The number of esters is 1. The number of halogens is 5. The molecular formula is C87H84Cl5N7O9S16. The Kier molecular flexibility index (Phi) is 40.1. The van der Waals surface area contributed by atoms with Crippen LogP contribution in [-0.2, 0) is 161 Å². The number of rotatable bonds is 11. The average molecular weight is 2060 g/mol. The van der Waals surface area contributed by atoms with Gasteiger partial charge in [-0.2, -0.15) is 0 Å². The molecule has 37 heteroatoms. The van der Waals surface area contributed by atoms with E-state index in [0.717, 1.165) is 121 Å². The van der Waals surface area contributed by atoms with Crippen LogP contribution in [0, 0.1) is 0 Å². The van der Waals surface area contributed by atoms with Gasteiger partial charge in [-0.3, -0.25) is 9.69 Å². The molecule has 3 fully saturated rings. The van der Waals surface area contributed by atoms with Crippen molar-refractivity contribution in [3.8, 4) is 45.0 Å². The molecular weight excluding hydrogens is 1980 g/mol. The molecule has 3 saturated heterocycles. The van der Waals surface area contributed by atoms with E-state index in [1.54, 1.807) is 147 Å². The summed E-state index contributed by atoms with van der Waals surface area (Å²) in [5.41, 5.74) is 11.5. The van der Waals surface area contributed by atoms with Gasteiger partial charge in [-0.25, -0.2) is 34.3 Å². The second-order valence-electron chi connectivity index (χ2n) is 29.5. The number of nitrogens with zero attached hydrogens (tertiary/aromatic N) is 6. The summed E-state index contributed by atoms with van der Waals surface area (Å²) < 4.78 is 16.0. The van der Waals surface area contributed by atoms with Gasteiger partial charge in [0.2, 0.25) is 0 Å². The Bertz CT molecular complexity index is 6490. The van der Waals surface area contributed by atoms with Crippen molar-refractivity contribution in [2.24, 2.45) is 0 Å². The number of ketones is 1. The largest absolute Gasteiger partial charge is 0.465 e. The third-order valence-electron chi connectivity index (χ3n) is 19.1. The molecule has 2 amide bonds. The molecule has 7 heterocycles. The lowest BCUT2D eigenvalue weighted by Crippen LogP contribution is -2.43. The van der Waals surface area contributed by atoms with Gasteiger partial charge in [0.1, 0.15) is 17.3 Å². The summed E-state index contributed by atoms with van der Waals surface area (Å²) in [7, 11) is 24.9. The first-order valence-corrected chi connectivity index (χ1v) is 59.7. The van der Waals surface area contributed by atoms with E-state index in [1.165, 1.54) is 24.9 Å². The molecule has 0 spiro atoms. The number of hydrogen-bond donors (Lipinski definition) is 3. The summed E-state index contributed by atoms with van der Waals surface area (Å²) in [6.07, 6.45) is 2.81. The number of aliphatic hydroxyl groups is 2. The Morgan fingerprint density at radius 3 is 1.14 bits per heavy atom. The topological polar surface area (TPSA) is 207 Å². The molecule has 0 saturated carbocycles. The summed E-state index contributed by atoms with van der Waals surface area (Å²) in [4.78, 5) is 73.3.